The molecule has 0 unspecified atom stereocenters. The number of carbonyl (C=O) groups is 1. The van der Waals surface area contributed by atoms with E-state index in [4.69, 9.17) is 5.73 Å². The number of hydrogen-bond donors (Lipinski definition) is 1. The molecule has 0 radical (unpaired) electrons. The van der Waals surface area contributed by atoms with Crippen molar-refractivity contribution in [3.63, 3.8) is 0 Å². The van der Waals surface area contributed by atoms with Crippen LogP contribution in [-0.2, 0) is 4.79 Å². The third-order valence-corrected chi connectivity index (χ3v) is 4.27. The zero-order valence-electron chi connectivity index (χ0n) is 10.9. The first-order valence-corrected chi connectivity index (χ1v) is 7.23. The van der Waals surface area contributed by atoms with Crippen LogP contribution >= 0.6 is 0 Å². The minimum absolute atomic E-state index is 0.361. The summed E-state index contributed by atoms with van der Waals surface area (Å²) in [6.45, 7) is 2.69. The summed E-state index contributed by atoms with van der Waals surface area (Å²) in [4.78, 5) is 14.3. The predicted molar refractivity (Wildman–Crippen MR) is 69.8 cm³/mol. The Morgan fingerprint density at radius 1 is 1.06 bits per heavy atom. The Kier molecular flexibility index (Phi) is 4.99. The van der Waals surface area contributed by atoms with Crippen LogP contribution < -0.4 is 5.73 Å². The number of rotatable bonds is 4. The number of Topliss-reactive ketones (excluding diaryl/α,β-unsaturated/α-hetero) is 1. The highest BCUT2D eigenvalue weighted by Gasteiger charge is 2.21. The van der Waals surface area contributed by atoms with Gasteiger partial charge < -0.3 is 5.73 Å². The Bertz CT molecular complexity index is 241. The largest absolute Gasteiger partial charge is 0.328 e. The van der Waals surface area contributed by atoms with Crippen molar-refractivity contribution < 1.29 is 4.79 Å². The quantitative estimate of drug-likeness (QED) is 0.814. The van der Waals surface area contributed by atoms with E-state index in [0.29, 0.717) is 24.3 Å². The summed E-state index contributed by atoms with van der Waals surface area (Å²) < 4.78 is 0. The van der Waals surface area contributed by atoms with Crippen LogP contribution in [0.15, 0.2) is 0 Å². The molecule has 3 heteroatoms. The molecule has 0 bridgehead atoms. The summed E-state index contributed by atoms with van der Waals surface area (Å²) >= 11 is 0. The Morgan fingerprint density at radius 2 is 1.71 bits per heavy atom. The second kappa shape index (κ2) is 6.50. The highest BCUT2D eigenvalue weighted by Crippen LogP contribution is 2.26. The molecule has 0 aromatic heterocycles. The van der Waals surface area contributed by atoms with Gasteiger partial charge in [-0.1, -0.05) is 32.1 Å². The van der Waals surface area contributed by atoms with Crippen molar-refractivity contribution in [3.05, 3.63) is 0 Å². The van der Waals surface area contributed by atoms with E-state index in [9.17, 15) is 4.79 Å². The molecule has 17 heavy (non-hydrogen) atoms. The van der Waals surface area contributed by atoms with E-state index in [0.717, 1.165) is 32.4 Å². The SMILES string of the molecule is NC1CCN(CC(=O)CC2CCCCC2)CC1. The Morgan fingerprint density at radius 3 is 2.35 bits per heavy atom. The van der Waals surface area contributed by atoms with Crippen molar-refractivity contribution in [1.29, 1.82) is 0 Å². The number of nitrogens with two attached hydrogens (primary N) is 1. The number of hydrogen-bond acceptors (Lipinski definition) is 3. The van der Waals surface area contributed by atoms with E-state index < -0.39 is 0 Å². The normalized spacial score (nSPS) is 25.0. The summed E-state index contributed by atoms with van der Waals surface area (Å²) in [5.74, 6) is 1.13. The summed E-state index contributed by atoms with van der Waals surface area (Å²) in [6, 6.07) is 0.361. The molecule has 1 saturated heterocycles. The zero-order chi connectivity index (χ0) is 12.1. The van der Waals surface area contributed by atoms with Crippen LogP contribution in [0.2, 0.25) is 0 Å². The fourth-order valence-corrected chi connectivity index (χ4v) is 3.14. The van der Waals surface area contributed by atoms with E-state index in [2.05, 4.69) is 4.90 Å². The zero-order valence-corrected chi connectivity index (χ0v) is 10.9. The first-order chi connectivity index (χ1) is 8.24. The van der Waals surface area contributed by atoms with Crippen LogP contribution in [-0.4, -0.2) is 36.4 Å². The monoisotopic (exact) mass is 238 g/mol. The van der Waals surface area contributed by atoms with E-state index in [1.807, 2.05) is 0 Å². The van der Waals surface area contributed by atoms with Crippen LogP contribution in [0.1, 0.15) is 51.4 Å². The van der Waals surface area contributed by atoms with E-state index >= 15 is 0 Å². The topological polar surface area (TPSA) is 46.3 Å². The average molecular weight is 238 g/mol. The van der Waals surface area contributed by atoms with E-state index in [1.165, 1.54) is 32.1 Å². The highest BCUT2D eigenvalue weighted by atomic mass is 16.1. The van der Waals surface area contributed by atoms with Gasteiger partial charge in [0.25, 0.3) is 0 Å². The average Bonchev–Trinajstić information content (AvgIpc) is 2.33. The van der Waals surface area contributed by atoms with Crippen LogP contribution in [0, 0.1) is 5.92 Å². The van der Waals surface area contributed by atoms with Gasteiger partial charge in [-0.25, -0.2) is 0 Å². The lowest BCUT2D eigenvalue weighted by atomic mass is 9.86. The lowest BCUT2D eigenvalue weighted by Crippen LogP contribution is -2.42. The third-order valence-electron chi connectivity index (χ3n) is 4.27. The second-order valence-electron chi connectivity index (χ2n) is 5.86. The molecule has 0 aromatic rings. The summed E-state index contributed by atoms with van der Waals surface area (Å²) in [5, 5.41) is 0. The standard InChI is InChI=1S/C14H26N2O/c15-13-6-8-16(9-7-13)11-14(17)10-12-4-2-1-3-5-12/h12-13H,1-11,15H2. The van der Waals surface area contributed by atoms with Gasteiger partial charge in [0.1, 0.15) is 5.78 Å². The van der Waals surface area contributed by atoms with Gasteiger partial charge in [0.2, 0.25) is 0 Å². The molecule has 2 rings (SSSR count). The first kappa shape index (κ1) is 13.0. The Hall–Kier alpha value is -0.410. The van der Waals surface area contributed by atoms with Crippen molar-refractivity contribution in [1.82, 2.24) is 4.90 Å². The lowest BCUT2D eigenvalue weighted by Gasteiger charge is -2.30. The van der Waals surface area contributed by atoms with Crippen molar-refractivity contribution >= 4 is 5.78 Å². The van der Waals surface area contributed by atoms with Gasteiger partial charge in [-0.2, -0.15) is 0 Å². The maximum Gasteiger partial charge on any atom is 0.147 e. The predicted octanol–water partition coefficient (Wildman–Crippen LogP) is 1.95. The number of ketones is 1. The fourth-order valence-electron chi connectivity index (χ4n) is 3.14. The lowest BCUT2D eigenvalue weighted by molar-refractivity contribution is -0.121. The second-order valence-corrected chi connectivity index (χ2v) is 5.86. The van der Waals surface area contributed by atoms with Gasteiger partial charge >= 0.3 is 0 Å². The van der Waals surface area contributed by atoms with Gasteiger partial charge in [-0.3, -0.25) is 9.69 Å². The van der Waals surface area contributed by atoms with Gasteiger partial charge in [-0.05, 0) is 18.8 Å². The van der Waals surface area contributed by atoms with Crippen molar-refractivity contribution in [2.75, 3.05) is 19.6 Å². The number of nitrogens with zero attached hydrogens (tertiary/aromatic N) is 1. The van der Waals surface area contributed by atoms with Crippen LogP contribution in [0.5, 0.6) is 0 Å². The van der Waals surface area contributed by atoms with Crippen LogP contribution in [0.4, 0.5) is 0 Å². The maximum absolute atomic E-state index is 12.0. The Labute approximate surface area is 105 Å². The molecule has 1 aliphatic heterocycles. The number of piperidine rings is 1. The molecule has 0 spiro atoms. The fraction of sp³-hybridized carbons (Fsp3) is 0.929. The van der Waals surface area contributed by atoms with Crippen molar-refractivity contribution in [2.45, 2.75) is 57.4 Å². The molecule has 1 aliphatic carbocycles. The van der Waals surface area contributed by atoms with Gasteiger partial charge in [0.05, 0.1) is 6.54 Å². The summed E-state index contributed by atoms with van der Waals surface area (Å²) in [7, 11) is 0. The summed E-state index contributed by atoms with van der Waals surface area (Å²) in [5.41, 5.74) is 5.87. The molecule has 1 saturated carbocycles. The number of carbonyl (C=O) groups excluding carboxylic acids is 1. The van der Waals surface area contributed by atoms with Gasteiger partial charge in [0.15, 0.2) is 0 Å². The van der Waals surface area contributed by atoms with Crippen molar-refractivity contribution in [3.8, 4) is 0 Å². The molecule has 2 N–H and O–H groups in total. The van der Waals surface area contributed by atoms with Gasteiger partial charge in [-0.15, -0.1) is 0 Å². The highest BCUT2D eigenvalue weighted by molar-refractivity contribution is 5.80. The van der Waals surface area contributed by atoms with E-state index in [1.54, 1.807) is 0 Å². The molecule has 3 nitrogen and oxygen atoms in total. The Balaban J connectivity index is 1.66. The molecule has 0 atom stereocenters. The molecular formula is C14H26N2O. The molecule has 0 amide bonds. The van der Waals surface area contributed by atoms with E-state index in [-0.39, 0.29) is 0 Å². The molecular weight excluding hydrogens is 212 g/mol. The number of likely N-dealkylation sites (tertiary alicyclic amines) is 1. The first-order valence-electron chi connectivity index (χ1n) is 7.23. The third kappa shape index (κ3) is 4.40. The van der Waals surface area contributed by atoms with Gasteiger partial charge in [0, 0.05) is 25.6 Å². The molecule has 98 valence electrons. The molecule has 0 aromatic carbocycles. The summed E-state index contributed by atoms with van der Waals surface area (Å²) in [6.07, 6.45) is 9.50. The smallest absolute Gasteiger partial charge is 0.147 e. The minimum Gasteiger partial charge on any atom is -0.328 e. The molecule has 2 aliphatic rings. The van der Waals surface area contributed by atoms with Crippen LogP contribution in [0.3, 0.4) is 0 Å². The molecule has 1 heterocycles. The minimum atomic E-state index is 0.361. The molecule has 2 fully saturated rings. The maximum atomic E-state index is 12.0. The van der Waals surface area contributed by atoms with Crippen molar-refractivity contribution in [2.24, 2.45) is 11.7 Å². The van der Waals surface area contributed by atoms with Crippen LogP contribution in [0.25, 0.3) is 0 Å².